The van der Waals surface area contributed by atoms with Crippen molar-refractivity contribution in [1.29, 1.82) is 0 Å². The van der Waals surface area contributed by atoms with E-state index in [1.54, 1.807) is 0 Å². The molecule has 5 nitrogen and oxygen atoms in total. The van der Waals surface area contributed by atoms with Crippen LogP contribution in [0, 0.1) is 5.92 Å². The second kappa shape index (κ2) is 9.36. The van der Waals surface area contributed by atoms with Crippen molar-refractivity contribution in [1.82, 2.24) is 10.2 Å². The topological polar surface area (TPSA) is 61.8 Å². The number of rotatable bonds is 6. The maximum absolute atomic E-state index is 12.1. The van der Waals surface area contributed by atoms with E-state index in [2.05, 4.69) is 5.32 Å². The molecule has 1 saturated heterocycles. The van der Waals surface area contributed by atoms with E-state index in [4.69, 9.17) is 4.74 Å². The Kier molecular flexibility index (Phi) is 7.46. The van der Waals surface area contributed by atoms with Crippen LogP contribution in [-0.2, 0) is 4.74 Å². The molecule has 2 unspecified atom stereocenters. The Labute approximate surface area is 134 Å². The van der Waals surface area contributed by atoms with Gasteiger partial charge in [-0.3, -0.25) is 0 Å². The molecule has 0 radical (unpaired) electrons. The molecule has 2 rings (SSSR count). The Hall–Kier alpha value is -0.810. The summed E-state index contributed by atoms with van der Waals surface area (Å²) >= 11 is 0. The van der Waals surface area contributed by atoms with Gasteiger partial charge in [0.1, 0.15) is 0 Å². The highest BCUT2D eigenvalue weighted by molar-refractivity contribution is 5.74. The first-order valence-corrected chi connectivity index (χ1v) is 8.99. The summed E-state index contributed by atoms with van der Waals surface area (Å²) in [7, 11) is 0. The predicted molar refractivity (Wildman–Crippen MR) is 86.8 cm³/mol. The van der Waals surface area contributed by atoms with Crippen LogP contribution < -0.4 is 5.32 Å². The Balaban J connectivity index is 1.55. The largest absolute Gasteiger partial charge is 0.393 e. The smallest absolute Gasteiger partial charge is 0.317 e. The zero-order valence-corrected chi connectivity index (χ0v) is 13.9. The number of piperidine rings is 1. The number of hydrogen-bond donors (Lipinski definition) is 2. The van der Waals surface area contributed by atoms with Crippen molar-refractivity contribution in [3.8, 4) is 0 Å². The lowest BCUT2D eigenvalue weighted by Crippen LogP contribution is -2.47. The first-order valence-electron chi connectivity index (χ1n) is 8.99. The summed E-state index contributed by atoms with van der Waals surface area (Å²) in [5, 5.41) is 12.6. The number of ether oxygens (including phenoxy) is 1. The number of hydrogen-bond acceptors (Lipinski definition) is 3. The molecule has 1 saturated carbocycles. The van der Waals surface area contributed by atoms with Crippen molar-refractivity contribution in [2.75, 3.05) is 26.2 Å². The second-order valence-electron chi connectivity index (χ2n) is 6.81. The van der Waals surface area contributed by atoms with Crippen LogP contribution in [0.1, 0.15) is 58.3 Å². The Morgan fingerprint density at radius 3 is 2.77 bits per heavy atom. The summed E-state index contributed by atoms with van der Waals surface area (Å²) in [4.78, 5) is 14.0. The highest BCUT2D eigenvalue weighted by atomic mass is 16.5. The summed E-state index contributed by atoms with van der Waals surface area (Å²) in [6.45, 7) is 4.69. The molecule has 2 fully saturated rings. The number of nitrogens with one attached hydrogen (secondary N) is 1. The van der Waals surface area contributed by atoms with Gasteiger partial charge >= 0.3 is 6.03 Å². The molecule has 1 aliphatic carbocycles. The maximum Gasteiger partial charge on any atom is 0.317 e. The maximum atomic E-state index is 12.1. The van der Waals surface area contributed by atoms with Crippen LogP contribution in [0.4, 0.5) is 4.79 Å². The number of likely N-dealkylation sites (tertiary alicyclic amines) is 1. The summed E-state index contributed by atoms with van der Waals surface area (Å²) < 4.78 is 5.86. The predicted octanol–water partition coefficient (Wildman–Crippen LogP) is 2.53. The number of nitrogens with zero attached hydrogens (tertiary/aromatic N) is 1. The minimum Gasteiger partial charge on any atom is -0.393 e. The summed E-state index contributed by atoms with van der Waals surface area (Å²) in [5.41, 5.74) is 0. The van der Waals surface area contributed by atoms with Gasteiger partial charge in [0.05, 0.1) is 12.2 Å². The Morgan fingerprint density at radius 2 is 2.05 bits per heavy atom. The SMILES string of the molecule is CC(O)C1CCCN(C(=O)NCCCOC2CCCCC2)C1. The van der Waals surface area contributed by atoms with E-state index >= 15 is 0 Å². The quantitative estimate of drug-likeness (QED) is 0.741. The van der Waals surface area contributed by atoms with Crippen molar-refractivity contribution < 1.29 is 14.6 Å². The molecule has 1 heterocycles. The molecule has 2 amide bonds. The lowest BCUT2D eigenvalue weighted by atomic mass is 9.94. The number of amides is 2. The minimum atomic E-state index is -0.334. The number of urea groups is 1. The molecular formula is C17H32N2O3. The second-order valence-corrected chi connectivity index (χ2v) is 6.81. The van der Waals surface area contributed by atoms with Gasteiger partial charge in [-0.1, -0.05) is 19.3 Å². The zero-order valence-electron chi connectivity index (χ0n) is 13.9. The number of aliphatic hydroxyl groups excluding tert-OH is 1. The van der Waals surface area contributed by atoms with Gasteiger partial charge in [0.25, 0.3) is 0 Å². The van der Waals surface area contributed by atoms with Gasteiger partial charge in [0, 0.05) is 32.2 Å². The van der Waals surface area contributed by atoms with Gasteiger partial charge in [-0.05, 0) is 39.0 Å². The number of aliphatic hydroxyl groups is 1. The van der Waals surface area contributed by atoms with Crippen molar-refractivity contribution in [2.24, 2.45) is 5.92 Å². The van der Waals surface area contributed by atoms with E-state index in [-0.39, 0.29) is 18.1 Å². The molecule has 0 aromatic rings. The van der Waals surface area contributed by atoms with Crippen LogP contribution in [0.25, 0.3) is 0 Å². The molecule has 22 heavy (non-hydrogen) atoms. The molecule has 2 atom stereocenters. The van der Waals surface area contributed by atoms with Crippen LogP contribution >= 0.6 is 0 Å². The molecule has 128 valence electrons. The molecule has 0 aromatic carbocycles. The monoisotopic (exact) mass is 312 g/mol. The van der Waals surface area contributed by atoms with E-state index in [0.717, 1.165) is 32.4 Å². The fraction of sp³-hybridized carbons (Fsp3) is 0.941. The van der Waals surface area contributed by atoms with Crippen LogP contribution in [0.5, 0.6) is 0 Å². The number of carbonyl (C=O) groups excluding carboxylic acids is 1. The molecule has 0 bridgehead atoms. The summed E-state index contributed by atoms with van der Waals surface area (Å²) in [5.74, 6) is 0.217. The van der Waals surface area contributed by atoms with E-state index < -0.39 is 0 Å². The molecule has 0 aromatic heterocycles. The molecular weight excluding hydrogens is 280 g/mol. The fourth-order valence-corrected chi connectivity index (χ4v) is 3.45. The minimum absolute atomic E-state index is 0.00279. The normalized spacial score (nSPS) is 25.0. The fourth-order valence-electron chi connectivity index (χ4n) is 3.45. The molecule has 0 spiro atoms. The zero-order chi connectivity index (χ0) is 15.8. The van der Waals surface area contributed by atoms with Crippen LogP contribution in [0.3, 0.4) is 0 Å². The van der Waals surface area contributed by atoms with Gasteiger partial charge in [-0.25, -0.2) is 4.79 Å². The van der Waals surface area contributed by atoms with Gasteiger partial charge < -0.3 is 20.1 Å². The summed E-state index contributed by atoms with van der Waals surface area (Å²) in [6.07, 6.45) is 9.29. The van der Waals surface area contributed by atoms with Gasteiger partial charge in [0.15, 0.2) is 0 Å². The van der Waals surface area contributed by atoms with Crippen molar-refractivity contribution in [3.63, 3.8) is 0 Å². The van der Waals surface area contributed by atoms with Crippen LogP contribution in [0.2, 0.25) is 0 Å². The highest BCUT2D eigenvalue weighted by Crippen LogP contribution is 2.20. The third-order valence-corrected chi connectivity index (χ3v) is 4.93. The number of carbonyl (C=O) groups is 1. The van der Waals surface area contributed by atoms with Crippen molar-refractivity contribution in [2.45, 2.75) is 70.5 Å². The lowest BCUT2D eigenvalue weighted by molar-refractivity contribution is 0.0273. The standard InChI is InChI=1S/C17H32N2O3/c1-14(20)15-7-5-11-19(13-15)17(21)18-10-6-12-22-16-8-3-2-4-9-16/h14-16,20H,2-13H2,1H3,(H,18,21). The third kappa shape index (κ3) is 5.76. The van der Waals surface area contributed by atoms with Crippen molar-refractivity contribution in [3.05, 3.63) is 0 Å². The summed E-state index contributed by atoms with van der Waals surface area (Å²) in [6, 6.07) is 0.00279. The van der Waals surface area contributed by atoms with Crippen molar-refractivity contribution >= 4 is 6.03 Å². The first-order chi connectivity index (χ1) is 10.7. The van der Waals surface area contributed by atoms with E-state index in [1.807, 2.05) is 11.8 Å². The van der Waals surface area contributed by atoms with Crippen LogP contribution in [0.15, 0.2) is 0 Å². The lowest BCUT2D eigenvalue weighted by Gasteiger charge is -2.34. The van der Waals surface area contributed by atoms with E-state index in [0.29, 0.717) is 19.2 Å². The molecule has 5 heteroatoms. The average molecular weight is 312 g/mol. The third-order valence-electron chi connectivity index (χ3n) is 4.93. The molecule has 2 aliphatic rings. The highest BCUT2D eigenvalue weighted by Gasteiger charge is 2.26. The van der Waals surface area contributed by atoms with E-state index in [9.17, 15) is 9.90 Å². The van der Waals surface area contributed by atoms with Gasteiger partial charge in [-0.2, -0.15) is 0 Å². The van der Waals surface area contributed by atoms with Gasteiger partial charge in [0.2, 0.25) is 0 Å². The molecule has 2 N–H and O–H groups in total. The average Bonchev–Trinajstić information content (AvgIpc) is 2.55. The first kappa shape index (κ1) is 17.5. The van der Waals surface area contributed by atoms with E-state index in [1.165, 1.54) is 32.1 Å². The van der Waals surface area contributed by atoms with Gasteiger partial charge in [-0.15, -0.1) is 0 Å². The molecule has 1 aliphatic heterocycles. The Morgan fingerprint density at radius 1 is 1.27 bits per heavy atom. The van der Waals surface area contributed by atoms with Crippen LogP contribution in [-0.4, -0.2) is 54.5 Å². The Bertz CT molecular complexity index is 330.